The number of hydrogen-bond acceptors (Lipinski definition) is 5. The number of carbonyl (C=O) groups excluding carboxylic acids is 2. The van der Waals surface area contributed by atoms with Gasteiger partial charge in [-0.3, -0.25) is 13.9 Å². The third-order valence-corrected chi connectivity index (χ3v) is 7.98. The highest BCUT2D eigenvalue weighted by Gasteiger charge is 2.33. The van der Waals surface area contributed by atoms with Crippen LogP contribution in [0.4, 0.5) is 10.1 Å². The summed E-state index contributed by atoms with van der Waals surface area (Å²) in [5, 5.41) is 3.13. The van der Waals surface area contributed by atoms with Crippen molar-refractivity contribution in [2.45, 2.75) is 50.7 Å². The van der Waals surface area contributed by atoms with E-state index in [0.717, 1.165) is 4.31 Å². The third-order valence-electron chi connectivity index (χ3n) is 5.95. The molecule has 3 rings (SSSR count). The third kappa shape index (κ3) is 7.95. The molecule has 0 unspecified atom stereocenters. The molecule has 0 aromatic heterocycles. The normalized spacial score (nSPS) is 12.4. The minimum absolute atomic E-state index is 0.0518. The van der Waals surface area contributed by atoms with Gasteiger partial charge < -0.3 is 15.0 Å². The van der Waals surface area contributed by atoms with Gasteiger partial charge in [0.05, 0.1) is 17.7 Å². The van der Waals surface area contributed by atoms with Crippen LogP contribution in [0.2, 0.25) is 5.02 Å². The van der Waals surface area contributed by atoms with Crippen molar-refractivity contribution in [2.24, 2.45) is 0 Å². The Morgan fingerprint density at radius 2 is 1.65 bits per heavy atom. The summed E-state index contributed by atoms with van der Waals surface area (Å²) in [6.07, 6.45) is 0. The molecule has 0 spiro atoms. The Balaban J connectivity index is 2.03. The van der Waals surface area contributed by atoms with Gasteiger partial charge >= 0.3 is 0 Å². The van der Waals surface area contributed by atoms with Crippen molar-refractivity contribution in [1.29, 1.82) is 0 Å². The van der Waals surface area contributed by atoms with Gasteiger partial charge in [-0.25, -0.2) is 12.8 Å². The number of nitrogens with zero attached hydrogens (tertiary/aromatic N) is 2. The fourth-order valence-corrected chi connectivity index (χ4v) is 5.47. The van der Waals surface area contributed by atoms with Crippen LogP contribution in [-0.4, -0.2) is 50.4 Å². The lowest BCUT2D eigenvalue weighted by atomic mass is 10.1. The molecule has 0 aliphatic carbocycles. The maximum absolute atomic E-state index is 13.9. The molecule has 0 saturated carbocycles. The molecule has 1 N–H and O–H groups in total. The van der Waals surface area contributed by atoms with Crippen LogP contribution in [0.15, 0.2) is 77.7 Å². The van der Waals surface area contributed by atoms with E-state index in [9.17, 15) is 22.4 Å². The zero-order valence-electron chi connectivity index (χ0n) is 23.0. The summed E-state index contributed by atoms with van der Waals surface area (Å²) < 4.78 is 47.3. The number of anilines is 1. The smallest absolute Gasteiger partial charge is 0.264 e. The van der Waals surface area contributed by atoms with Crippen LogP contribution < -0.4 is 14.4 Å². The van der Waals surface area contributed by atoms with Gasteiger partial charge in [0.1, 0.15) is 24.2 Å². The Labute approximate surface area is 239 Å². The van der Waals surface area contributed by atoms with Gasteiger partial charge in [-0.1, -0.05) is 29.8 Å². The molecular formula is C29H33ClFN3O5S. The summed E-state index contributed by atoms with van der Waals surface area (Å²) in [6, 6.07) is 16.5. The van der Waals surface area contributed by atoms with Gasteiger partial charge in [0, 0.05) is 17.1 Å². The molecule has 8 nitrogen and oxygen atoms in total. The highest BCUT2D eigenvalue weighted by Crippen LogP contribution is 2.28. The highest BCUT2D eigenvalue weighted by atomic mass is 35.5. The number of sulfonamides is 1. The van der Waals surface area contributed by atoms with Crippen molar-refractivity contribution in [3.05, 3.63) is 89.2 Å². The van der Waals surface area contributed by atoms with E-state index in [1.54, 1.807) is 19.1 Å². The number of rotatable bonds is 10. The maximum atomic E-state index is 13.9. The van der Waals surface area contributed by atoms with Crippen molar-refractivity contribution in [1.82, 2.24) is 10.2 Å². The van der Waals surface area contributed by atoms with Crippen LogP contribution in [0.3, 0.4) is 0 Å². The van der Waals surface area contributed by atoms with Crippen molar-refractivity contribution in [3.8, 4) is 5.75 Å². The Morgan fingerprint density at radius 1 is 1.02 bits per heavy atom. The van der Waals surface area contributed by atoms with Gasteiger partial charge in [0.25, 0.3) is 10.0 Å². The van der Waals surface area contributed by atoms with E-state index in [-0.39, 0.29) is 22.2 Å². The fourth-order valence-electron chi connectivity index (χ4n) is 3.88. The lowest BCUT2D eigenvalue weighted by Gasteiger charge is -2.33. The maximum Gasteiger partial charge on any atom is 0.264 e. The lowest BCUT2D eigenvalue weighted by Crippen LogP contribution is -2.54. The summed E-state index contributed by atoms with van der Waals surface area (Å²) in [5.74, 6) is -1.04. The van der Waals surface area contributed by atoms with E-state index < -0.39 is 45.8 Å². The average molecular weight is 590 g/mol. The van der Waals surface area contributed by atoms with E-state index in [1.807, 2.05) is 20.8 Å². The van der Waals surface area contributed by atoms with Crippen molar-refractivity contribution in [3.63, 3.8) is 0 Å². The largest absolute Gasteiger partial charge is 0.497 e. The average Bonchev–Trinajstić information content (AvgIpc) is 2.89. The van der Waals surface area contributed by atoms with E-state index in [0.29, 0.717) is 11.3 Å². The Kier molecular flexibility index (Phi) is 9.81. The first-order valence-electron chi connectivity index (χ1n) is 12.5. The van der Waals surface area contributed by atoms with E-state index in [2.05, 4.69) is 5.32 Å². The first kappa shape index (κ1) is 30.9. The zero-order chi connectivity index (χ0) is 29.7. The van der Waals surface area contributed by atoms with Gasteiger partial charge in [0.15, 0.2) is 0 Å². The van der Waals surface area contributed by atoms with Crippen LogP contribution in [0, 0.1) is 5.82 Å². The summed E-state index contributed by atoms with van der Waals surface area (Å²) in [7, 11) is -2.79. The van der Waals surface area contributed by atoms with Crippen LogP contribution in [0.25, 0.3) is 0 Å². The molecule has 0 heterocycles. The van der Waals surface area contributed by atoms with Crippen molar-refractivity contribution in [2.75, 3.05) is 18.0 Å². The predicted molar refractivity (Wildman–Crippen MR) is 153 cm³/mol. The van der Waals surface area contributed by atoms with Gasteiger partial charge in [-0.05, 0) is 87.9 Å². The second-order valence-corrected chi connectivity index (χ2v) is 12.5. The first-order chi connectivity index (χ1) is 18.7. The predicted octanol–water partition coefficient (Wildman–Crippen LogP) is 5.02. The van der Waals surface area contributed by atoms with Crippen molar-refractivity contribution < 1.29 is 27.1 Å². The van der Waals surface area contributed by atoms with E-state index >= 15 is 0 Å². The number of hydrogen-bond donors (Lipinski definition) is 1. The molecule has 0 bridgehead atoms. The molecule has 1 atom stereocenters. The first-order valence-corrected chi connectivity index (χ1v) is 14.3. The molecule has 11 heteroatoms. The minimum Gasteiger partial charge on any atom is -0.497 e. The lowest BCUT2D eigenvalue weighted by molar-refractivity contribution is -0.140. The van der Waals surface area contributed by atoms with Gasteiger partial charge in [0.2, 0.25) is 11.8 Å². The Hall–Kier alpha value is -3.63. The minimum atomic E-state index is -4.26. The number of benzene rings is 3. The monoisotopic (exact) mass is 589 g/mol. The molecular weight excluding hydrogens is 557 g/mol. The molecule has 0 radical (unpaired) electrons. The summed E-state index contributed by atoms with van der Waals surface area (Å²) in [4.78, 5) is 28.2. The van der Waals surface area contributed by atoms with Crippen LogP contribution in [0.1, 0.15) is 33.3 Å². The standard InChI is InChI=1S/C29H33ClFN3O5S/c1-20(28(36)32-29(2,3)4)33(18-21-9-11-23(31)12-10-21)27(35)19-34(24-8-6-7-22(30)17-24)40(37,38)26-15-13-25(39-5)14-16-26/h6-17,20H,18-19H2,1-5H3,(H,32,36)/t20-/m1/s1. The fraction of sp³-hybridized carbons (Fsp3) is 0.310. The molecule has 214 valence electrons. The number of amides is 2. The molecule has 0 aliphatic rings. The SMILES string of the molecule is COc1ccc(S(=O)(=O)N(CC(=O)N(Cc2ccc(F)cc2)[C@H](C)C(=O)NC(C)(C)C)c2cccc(Cl)c2)cc1. The summed E-state index contributed by atoms with van der Waals surface area (Å²) >= 11 is 6.18. The quantitative estimate of drug-likeness (QED) is 0.358. The molecule has 3 aromatic rings. The molecule has 0 saturated heterocycles. The number of ether oxygens (including phenoxy) is 1. The second kappa shape index (κ2) is 12.7. The van der Waals surface area contributed by atoms with E-state index in [1.165, 1.54) is 72.7 Å². The summed E-state index contributed by atoms with van der Waals surface area (Å²) in [6.45, 7) is 6.32. The topological polar surface area (TPSA) is 96.0 Å². The molecule has 3 aromatic carbocycles. The zero-order valence-corrected chi connectivity index (χ0v) is 24.6. The number of halogens is 2. The summed E-state index contributed by atoms with van der Waals surface area (Å²) in [5.41, 5.74) is 0.170. The van der Waals surface area contributed by atoms with Gasteiger partial charge in [-0.15, -0.1) is 0 Å². The number of carbonyl (C=O) groups is 2. The Bertz CT molecular complexity index is 1440. The molecule has 40 heavy (non-hydrogen) atoms. The van der Waals surface area contributed by atoms with E-state index in [4.69, 9.17) is 16.3 Å². The van der Waals surface area contributed by atoms with Crippen LogP contribution >= 0.6 is 11.6 Å². The Morgan fingerprint density at radius 3 is 2.20 bits per heavy atom. The highest BCUT2D eigenvalue weighted by molar-refractivity contribution is 7.92. The molecule has 2 amide bonds. The molecule has 0 fully saturated rings. The van der Waals surface area contributed by atoms with Crippen molar-refractivity contribution >= 4 is 39.1 Å². The number of nitrogens with one attached hydrogen (secondary N) is 1. The number of methoxy groups -OCH3 is 1. The van der Waals surface area contributed by atoms with Crippen LogP contribution in [-0.2, 0) is 26.2 Å². The van der Waals surface area contributed by atoms with Crippen LogP contribution in [0.5, 0.6) is 5.75 Å². The molecule has 0 aliphatic heterocycles. The van der Waals surface area contributed by atoms with Gasteiger partial charge in [-0.2, -0.15) is 0 Å². The second-order valence-electron chi connectivity index (χ2n) is 10.2.